The molecule has 1 aliphatic rings. The van der Waals surface area contributed by atoms with Gasteiger partial charge < -0.3 is 14.6 Å². The fourth-order valence-corrected chi connectivity index (χ4v) is 4.06. The number of aromatic amines is 1. The smallest absolute Gasteiger partial charge is 0.411 e. The first-order valence-electron chi connectivity index (χ1n) is 10.6. The summed E-state index contributed by atoms with van der Waals surface area (Å²) in [6.07, 6.45) is 3.68. The lowest BCUT2D eigenvalue weighted by Crippen LogP contribution is -2.37. The highest BCUT2D eigenvalue weighted by Crippen LogP contribution is 2.23. The van der Waals surface area contributed by atoms with E-state index in [1.54, 1.807) is 12.1 Å². The molecule has 0 aliphatic carbocycles. The van der Waals surface area contributed by atoms with Crippen LogP contribution in [0.1, 0.15) is 29.6 Å². The highest BCUT2D eigenvalue weighted by molar-refractivity contribution is 5.99. The first kappa shape index (κ1) is 21.1. The van der Waals surface area contributed by atoms with Crippen LogP contribution in [-0.4, -0.2) is 48.0 Å². The van der Waals surface area contributed by atoms with Crippen molar-refractivity contribution in [1.82, 2.24) is 9.88 Å². The van der Waals surface area contributed by atoms with E-state index in [1.165, 1.54) is 12.1 Å². The number of carbonyl (C=O) groups is 2. The van der Waals surface area contributed by atoms with Gasteiger partial charge in [0.1, 0.15) is 5.82 Å². The number of anilines is 1. The maximum absolute atomic E-state index is 13.0. The van der Waals surface area contributed by atoms with Gasteiger partial charge >= 0.3 is 6.09 Å². The van der Waals surface area contributed by atoms with Gasteiger partial charge in [-0.1, -0.05) is 6.07 Å². The molecule has 1 fully saturated rings. The number of ketones is 1. The largest absolute Gasteiger partial charge is 0.449 e. The van der Waals surface area contributed by atoms with Gasteiger partial charge in [-0.3, -0.25) is 10.1 Å². The van der Waals surface area contributed by atoms with Crippen molar-refractivity contribution in [3.63, 3.8) is 0 Å². The summed E-state index contributed by atoms with van der Waals surface area (Å²) in [6, 6.07) is 13.4. The number of ether oxygens (including phenoxy) is 1. The molecule has 1 aliphatic heterocycles. The third kappa shape index (κ3) is 5.30. The van der Waals surface area contributed by atoms with Crippen LogP contribution >= 0.6 is 0 Å². The Morgan fingerprint density at radius 1 is 1.10 bits per heavy atom. The number of nitrogens with zero attached hydrogens (tertiary/aromatic N) is 1. The first-order chi connectivity index (χ1) is 15.1. The van der Waals surface area contributed by atoms with Gasteiger partial charge in [-0.2, -0.15) is 0 Å². The van der Waals surface area contributed by atoms with E-state index in [2.05, 4.69) is 15.2 Å². The number of H-pyrrole nitrogens is 1. The fourth-order valence-electron chi connectivity index (χ4n) is 4.06. The molecule has 2 heterocycles. The van der Waals surface area contributed by atoms with Crippen LogP contribution < -0.4 is 5.32 Å². The lowest BCUT2D eigenvalue weighted by atomic mass is 9.89. The molecular formula is C24H26FN3O3. The summed E-state index contributed by atoms with van der Waals surface area (Å²) in [5, 5.41) is 3.73. The summed E-state index contributed by atoms with van der Waals surface area (Å²) < 4.78 is 18.4. The zero-order chi connectivity index (χ0) is 21.6. The van der Waals surface area contributed by atoms with Crippen LogP contribution in [0, 0.1) is 11.7 Å². The standard InChI is InChI=1S/C24H26FN3O3/c25-19-7-5-17(6-8-19)23(29)18-10-14-28(15-11-18)13-2-16-31-24(30)27-22-4-1-3-21-20(22)9-12-26-21/h1,3-9,12,18,26H,2,10-11,13-16H2,(H,27,30). The molecule has 1 amide bonds. The molecule has 0 saturated carbocycles. The fraction of sp³-hybridized carbons (Fsp3) is 0.333. The number of amides is 1. The zero-order valence-electron chi connectivity index (χ0n) is 17.3. The van der Waals surface area contributed by atoms with E-state index in [1.807, 2.05) is 30.5 Å². The van der Waals surface area contributed by atoms with E-state index in [-0.39, 0.29) is 17.5 Å². The Hall–Kier alpha value is -3.19. The highest BCUT2D eigenvalue weighted by Gasteiger charge is 2.25. The van der Waals surface area contributed by atoms with Crippen molar-refractivity contribution in [2.45, 2.75) is 19.3 Å². The van der Waals surface area contributed by atoms with Gasteiger partial charge in [0.25, 0.3) is 0 Å². The number of likely N-dealkylation sites (tertiary alicyclic amines) is 1. The van der Waals surface area contributed by atoms with Gasteiger partial charge in [-0.15, -0.1) is 0 Å². The van der Waals surface area contributed by atoms with Crippen LogP contribution in [0.2, 0.25) is 0 Å². The number of carbonyl (C=O) groups excluding carboxylic acids is 2. The maximum atomic E-state index is 13.0. The van der Waals surface area contributed by atoms with Crippen molar-refractivity contribution in [2.24, 2.45) is 5.92 Å². The number of aromatic nitrogens is 1. The molecule has 0 bridgehead atoms. The summed E-state index contributed by atoms with van der Waals surface area (Å²) in [6.45, 7) is 2.82. The van der Waals surface area contributed by atoms with Crippen molar-refractivity contribution < 1.29 is 18.7 Å². The Balaban J connectivity index is 1.15. The van der Waals surface area contributed by atoms with E-state index in [0.29, 0.717) is 12.2 Å². The molecule has 2 N–H and O–H groups in total. The molecule has 31 heavy (non-hydrogen) atoms. The van der Waals surface area contributed by atoms with Crippen LogP contribution in [-0.2, 0) is 4.74 Å². The number of benzene rings is 2. The number of fused-ring (bicyclic) bond motifs is 1. The summed E-state index contributed by atoms with van der Waals surface area (Å²) in [5.74, 6) is -0.249. The molecule has 7 heteroatoms. The second kappa shape index (κ2) is 9.75. The topological polar surface area (TPSA) is 74.4 Å². The predicted molar refractivity (Wildman–Crippen MR) is 118 cm³/mol. The number of halogens is 1. The molecule has 1 saturated heterocycles. The predicted octanol–water partition coefficient (Wildman–Crippen LogP) is 4.84. The van der Waals surface area contributed by atoms with E-state index >= 15 is 0 Å². The van der Waals surface area contributed by atoms with Crippen LogP contribution in [0.15, 0.2) is 54.7 Å². The molecule has 0 radical (unpaired) electrons. The van der Waals surface area contributed by atoms with Gasteiger partial charge in [0, 0.05) is 35.1 Å². The summed E-state index contributed by atoms with van der Waals surface area (Å²) >= 11 is 0. The summed E-state index contributed by atoms with van der Waals surface area (Å²) in [7, 11) is 0. The normalized spacial score (nSPS) is 15.1. The Morgan fingerprint density at radius 3 is 2.65 bits per heavy atom. The molecule has 6 nitrogen and oxygen atoms in total. The summed E-state index contributed by atoms with van der Waals surface area (Å²) in [5.41, 5.74) is 2.25. The Labute approximate surface area is 180 Å². The van der Waals surface area contributed by atoms with Crippen molar-refractivity contribution in [2.75, 3.05) is 31.6 Å². The van der Waals surface area contributed by atoms with Crippen molar-refractivity contribution in [1.29, 1.82) is 0 Å². The first-order valence-corrected chi connectivity index (χ1v) is 10.6. The van der Waals surface area contributed by atoms with Gasteiger partial charge in [-0.05, 0) is 74.8 Å². The minimum absolute atomic E-state index is 0.0140. The van der Waals surface area contributed by atoms with Crippen molar-refractivity contribution in [3.8, 4) is 0 Å². The van der Waals surface area contributed by atoms with Crippen LogP contribution in [0.5, 0.6) is 0 Å². The molecule has 3 aromatic rings. The van der Waals surface area contributed by atoms with Crippen LogP contribution in [0.25, 0.3) is 10.9 Å². The van der Waals surface area contributed by atoms with E-state index < -0.39 is 6.09 Å². The monoisotopic (exact) mass is 423 g/mol. The third-order valence-corrected chi connectivity index (χ3v) is 5.77. The minimum Gasteiger partial charge on any atom is -0.449 e. The van der Waals surface area contributed by atoms with Gasteiger partial charge in [0.2, 0.25) is 0 Å². The van der Waals surface area contributed by atoms with Crippen molar-refractivity contribution in [3.05, 3.63) is 66.1 Å². The maximum Gasteiger partial charge on any atom is 0.411 e. The minimum atomic E-state index is -0.461. The number of hydrogen-bond acceptors (Lipinski definition) is 4. The number of nitrogens with one attached hydrogen (secondary N) is 2. The SMILES string of the molecule is O=C(Nc1cccc2[nH]ccc12)OCCCN1CCC(C(=O)c2ccc(F)cc2)CC1. The molecular weight excluding hydrogens is 397 g/mol. The number of Topliss-reactive ketones (excluding diaryl/α,β-unsaturated/α-hetero) is 1. The average Bonchev–Trinajstić information content (AvgIpc) is 3.27. The van der Waals surface area contributed by atoms with E-state index in [0.717, 1.165) is 55.5 Å². The second-order valence-corrected chi connectivity index (χ2v) is 7.85. The average molecular weight is 423 g/mol. The van der Waals surface area contributed by atoms with Crippen LogP contribution in [0.3, 0.4) is 0 Å². The Bertz CT molecular complexity index is 1040. The number of hydrogen-bond donors (Lipinski definition) is 2. The van der Waals surface area contributed by atoms with Crippen LogP contribution in [0.4, 0.5) is 14.9 Å². The quantitative estimate of drug-likeness (QED) is 0.421. The molecule has 0 spiro atoms. The van der Waals surface area contributed by atoms with Crippen molar-refractivity contribution >= 4 is 28.5 Å². The van der Waals surface area contributed by atoms with Gasteiger partial charge in [-0.25, -0.2) is 9.18 Å². The third-order valence-electron chi connectivity index (χ3n) is 5.77. The molecule has 0 unspecified atom stereocenters. The lowest BCUT2D eigenvalue weighted by molar-refractivity contribution is 0.0830. The highest BCUT2D eigenvalue weighted by atomic mass is 19.1. The molecule has 1 aromatic heterocycles. The Morgan fingerprint density at radius 2 is 1.87 bits per heavy atom. The zero-order valence-corrected chi connectivity index (χ0v) is 17.3. The Kier molecular flexibility index (Phi) is 6.62. The number of piperidine rings is 1. The van der Waals surface area contributed by atoms with Gasteiger partial charge in [0.15, 0.2) is 5.78 Å². The summed E-state index contributed by atoms with van der Waals surface area (Å²) in [4.78, 5) is 30.0. The van der Waals surface area contributed by atoms with E-state index in [9.17, 15) is 14.0 Å². The molecule has 2 aromatic carbocycles. The molecule has 0 atom stereocenters. The van der Waals surface area contributed by atoms with E-state index in [4.69, 9.17) is 4.74 Å². The number of rotatable bonds is 7. The second-order valence-electron chi connectivity index (χ2n) is 7.85. The lowest BCUT2D eigenvalue weighted by Gasteiger charge is -2.31. The molecule has 162 valence electrons. The van der Waals surface area contributed by atoms with Gasteiger partial charge in [0.05, 0.1) is 12.3 Å². The molecule has 4 rings (SSSR count).